The molecule has 3 nitrogen and oxygen atoms in total. The Kier molecular flexibility index (Phi) is 4.21. The summed E-state index contributed by atoms with van der Waals surface area (Å²) in [6.45, 7) is 4.12. The van der Waals surface area contributed by atoms with Crippen molar-refractivity contribution in [3.8, 4) is 11.1 Å². The molecule has 30 heavy (non-hydrogen) atoms. The maximum Gasteiger partial charge on any atom is 0.161 e. The average Bonchev–Trinajstić information content (AvgIpc) is 3.28. The summed E-state index contributed by atoms with van der Waals surface area (Å²) in [5.41, 5.74) is 5.49. The fourth-order valence-electron chi connectivity index (χ4n) is 4.02. The van der Waals surface area contributed by atoms with Gasteiger partial charge in [0.15, 0.2) is 5.82 Å². The first-order valence-corrected chi connectivity index (χ1v) is 9.89. The Hall–Kier alpha value is -3.47. The van der Waals surface area contributed by atoms with Crippen molar-refractivity contribution in [3.63, 3.8) is 0 Å². The highest BCUT2D eigenvalue weighted by Crippen LogP contribution is 2.33. The van der Waals surface area contributed by atoms with Crippen LogP contribution in [-0.2, 0) is 13.5 Å². The first-order valence-electron chi connectivity index (χ1n) is 9.89. The monoisotopic (exact) mass is 401 g/mol. The summed E-state index contributed by atoms with van der Waals surface area (Å²) in [5, 5.41) is 0.936. The van der Waals surface area contributed by atoms with Crippen molar-refractivity contribution in [2.75, 3.05) is 0 Å². The summed E-state index contributed by atoms with van der Waals surface area (Å²) < 4.78 is 32.2. The van der Waals surface area contributed by atoms with Crippen LogP contribution in [0.5, 0.6) is 0 Å². The molecule has 0 spiro atoms. The Labute approximate surface area is 173 Å². The largest absolute Gasteiger partial charge is 0.351 e. The van der Waals surface area contributed by atoms with Crippen molar-refractivity contribution in [2.45, 2.75) is 20.3 Å². The average molecular weight is 401 g/mol. The summed E-state index contributed by atoms with van der Waals surface area (Å²) >= 11 is 0. The van der Waals surface area contributed by atoms with Gasteiger partial charge in [0.1, 0.15) is 17.2 Å². The van der Waals surface area contributed by atoms with E-state index in [1.54, 1.807) is 6.07 Å². The number of nitrogens with zero attached hydrogens (tertiary/aromatic N) is 2. The zero-order valence-corrected chi connectivity index (χ0v) is 17.1. The molecule has 150 valence electrons. The third kappa shape index (κ3) is 2.98. The molecule has 0 aliphatic carbocycles. The number of benzene rings is 3. The van der Waals surface area contributed by atoms with Gasteiger partial charge in [0, 0.05) is 36.6 Å². The van der Waals surface area contributed by atoms with Gasteiger partial charge >= 0.3 is 0 Å². The molecule has 0 saturated carbocycles. The lowest BCUT2D eigenvalue weighted by Gasteiger charge is -2.07. The van der Waals surface area contributed by atoms with Crippen LogP contribution in [0, 0.1) is 25.5 Å². The summed E-state index contributed by atoms with van der Waals surface area (Å²) in [6.07, 6.45) is 2.46. The fourth-order valence-corrected chi connectivity index (χ4v) is 4.02. The molecule has 5 aromatic rings. The van der Waals surface area contributed by atoms with Gasteiger partial charge in [-0.25, -0.2) is 13.8 Å². The first kappa shape index (κ1) is 18.6. The van der Waals surface area contributed by atoms with Gasteiger partial charge in [0.25, 0.3) is 0 Å². The van der Waals surface area contributed by atoms with Crippen LogP contribution >= 0.6 is 0 Å². The van der Waals surface area contributed by atoms with E-state index in [4.69, 9.17) is 0 Å². The lowest BCUT2D eigenvalue weighted by atomic mass is 10.0. The van der Waals surface area contributed by atoms with E-state index in [0.717, 1.165) is 16.5 Å². The highest BCUT2D eigenvalue weighted by Gasteiger charge is 2.19. The minimum atomic E-state index is -0.636. The predicted octanol–water partition coefficient (Wildman–Crippen LogP) is 6.21. The molecule has 2 aromatic heterocycles. The Bertz CT molecular complexity index is 1430. The molecule has 5 rings (SSSR count). The maximum atomic E-state index is 15.4. The molecule has 5 heteroatoms. The molecule has 0 saturated heterocycles. The van der Waals surface area contributed by atoms with E-state index >= 15 is 4.39 Å². The molecule has 0 unspecified atom stereocenters. The zero-order valence-electron chi connectivity index (χ0n) is 17.1. The number of aromatic nitrogens is 3. The third-order valence-corrected chi connectivity index (χ3v) is 5.83. The van der Waals surface area contributed by atoms with Gasteiger partial charge in [-0.3, -0.25) is 0 Å². The predicted molar refractivity (Wildman–Crippen MR) is 117 cm³/mol. The Balaban J connectivity index is 1.59. The number of hydrogen-bond acceptors (Lipinski definition) is 1. The van der Waals surface area contributed by atoms with Crippen LogP contribution in [0.25, 0.3) is 33.1 Å². The molecular weight excluding hydrogens is 380 g/mol. The van der Waals surface area contributed by atoms with Gasteiger partial charge < -0.3 is 9.55 Å². The normalized spacial score (nSPS) is 11.6. The third-order valence-electron chi connectivity index (χ3n) is 5.83. The van der Waals surface area contributed by atoms with Gasteiger partial charge in [0.05, 0.1) is 11.1 Å². The van der Waals surface area contributed by atoms with Crippen LogP contribution in [0.2, 0.25) is 0 Å². The minimum Gasteiger partial charge on any atom is -0.351 e. The number of aromatic amines is 1. The molecule has 0 aliphatic rings. The molecule has 3 aromatic carbocycles. The molecule has 0 amide bonds. The summed E-state index contributed by atoms with van der Waals surface area (Å²) in [6, 6.07) is 14.9. The molecule has 1 N–H and O–H groups in total. The number of hydrogen-bond donors (Lipinski definition) is 1. The fraction of sp³-hybridized carbons (Fsp3) is 0.160. The van der Waals surface area contributed by atoms with Gasteiger partial charge in [-0.1, -0.05) is 24.3 Å². The zero-order chi connectivity index (χ0) is 21.0. The van der Waals surface area contributed by atoms with Crippen LogP contribution in [0.15, 0.2) is 54.7 Å². The van der Waals surface area contributed by atoms with E-state index in [-0.39, 0.29) is 11.1 Å². The smallest absolute Gasteiger partial charge is 0.161 e. The van der Waals surface area contributed by atoms with Crippen molar-refractivity contribution in [3.05, 3.63) is 88.9 Å². The van der Waals surface area contributed by atoms with Crippen LogP contribution in [0.4, 0.5) is 8.78 Å². The number of nitrogens with one attached hydrogen (secondary N) is 1. The second-order valence-electron chi connectivity index (χ2n) is 7.92. The number of imidazole rings is 1. The number of rotatable bonds is 3. The second kappa shape index (κ2) is 6.80. The van der Waals surface area contributed by atoms with Crippen LogP contribution in [-0.4, -0.2) is 14.5 Å². The number of fused-ring (bicyclic) bond motifs is 2. The van der Waals surface area contributed by atoms with Gasteiger partial charge in [-0.05, 0) is 54.3 Å². The van der Waals surface area contributed by atoms with E-state index in [0.29, 0.717) is 23.3 Å². The van der Waals surface area contributed by atoms with Crippen molar-refractivity contribution in [1.82, 2.24) is 14.5 Å². The quantitative estimate of drug-likeness (QED) is 0.383. The van der Waals surface area contributed by atoms with Crippen molar-refractivity contribution in [1.29, 1.82) is 0 Å². The molecule has 0 aliphatic heterocycles. The van der Waals surface area contributed by atoms with E-state index in [1.165, 1.54) is 17.2 Å². The second-order valence-corrected chi connectivity index (χ2v) is 7.92. The topological polar surface area (TPSA) is 33.6 Å². The van der Waals surface area contributed by atoms with Gasteiger partial charge in [-0.15, -0.1) is 0 Å². The summed E-state index contributed by atoms with van der Waals surface area (Å²) in [5.74, 6) is -0.623. The van der Waals surface area contributed by atoms with E-state index in [2.05, 4.69) is 35.9 Å². The molecule has 0 bridgehead atoms. The highest BCUT2D eigenvalue weighted by molar-refractivity contribution is 5.89. The minimum absolute atomic E-state index is 0.0440. The standard InChI is InChI=1S/C25H21F2N3/c1-14-4-5-16(10-15(14)2)11-22-28-20-13-19(26)23(24(27)25(20)29-22)18-6-7-21-17(12-18)8-9-30(21)3/h4-10,12-13H,11H2,1-3H3,(H,28,29). The Morgan fingerprint density at radius 2 is 1.80 bits per heavy atom. The molecular formula is C25H21F2N3. The van der Waals surface area contributed by atoms with Gasteiger partial charge in [-0.2, -0.15) is 0 Å². The lowest BCUT2D eigenvalue weighted by Crippen LogP contribution is -1.93. The molecule has 0 fully saturated rings. The van der Waals surface area contributed by atoms with E-state index < -0.39 is 11.6 Å². The number of H-pyrrole nitrogens is 1. The summed E-state index contributed by atoms with van der Waals surface area (Å²) in [7, 11) is 1.94. The van der Waals surface area contributed by atoms with E-state index in [1.807, 2.05) is 42.1 Å². The number of aryl methyl sites for hydroxylation is 3. The van der Waals surface area contributed by atoms with Crippen LogP contribution < -0.4 is 0 Å². The SMILES string of the molecule is Cc1ccc(Cc2nc3c(F)c(-c4ccc5c(ccn5C)c4)c(F)cc3[nH]2)cc1C. The maximum absolute atomic E-state index is 15.4. The lowest BCUT2D eigenvalue weighted by molar-refractivity contribution is 0.597. The summed E-state index contributed by atoms with van der Waals surface area (Å²) in [4.78, 5) is 7.53. The highest BCUT2D eigenvalue weighted by atomic mass is 19.1. The van der Waals surface area contributed by atoms with Crippen molar-refractivity contribution in [2.24, 2.45) is 7.05 Å². The van der Waals surface area contributed by atoms with Crippen LogP contribution in [0.3, 0.4) is 0 Å². The number of halogens is 2. The van der Waals surface area contributed by atoms with Crippen molar-refractivity contribution >= 4 is 21.9 Å². The first-order chi connectivity index (χ1) is 14.4. The Morgan fingerprint density at radius 3 is 2.60 bits per heavy atom. The Morgan fingerprint density at radius 1 is 0.967 bits per heavy atom. The van der Waals surface area contributed by atoms with E-state index in [9.17, 15) is 4.39 Å². The molecule has 2 heterocycles. The van der Waals surface area contributed by atoms with Crippen LogP contribution in [0.1, 0.15) is 22.5 Å². The molecule has 0 atom stereocenters. The molecule has 0 radical (unpaired) electrons. The van der Waals surface area contributed by atoms with Crippen molar-refractivity contribution < 1.29 is 8.78 Å². The van der Waals surface area contributed by atoms with Gasteiger partial charge in [0.2, 0.25) is 0 Å².